The molecular weight excluding hydrogens is 222 g/mol. The lowest BCUT2D eigenvalue weighted by Gasteiger charge is -2.23. The number of hydrogen-bond acceptors (Lipinski definition) is 4. The summed E-state index contributed by atoms with van der Waals surface area (Å²) in [4.78, 5) is 16.0. The predicted octanol–water partition coefficient (Wildman–Crippen LogP) is 1.26. The second-order valence-corrected chi connectivity index (χ2v) is 6.22. The first kappa shape index (κ1) is 11.8. The molecule has 0 bridgehead atoms. The molecule has 2 aliphatic rings. The number of nitrogens with two attached hydrogens (primary N) is 1. The van der Waals surface area contributed by atoms with Crippen LogP contribution in [0.4, 0.5) is 0 Å². The standard InChI is InChI=1S/C11H19N3OS/c1-10(2,8(12)15)13-9-14-11(7-16-9)5-3-4-6-11/h3-7H2,1-2H3,(H2,12,15)(H,13,14). The van der Waals surface area contributed by atoms with Gasteiger partial charge < -0.3 is 11.1 Å². The maximum atomic E-state index is 11.2. The summed E-state index contributed by atoms with van der Waals surface area (Å²) in [7, 11) is 0. The number of hydrogen-bond donors (Lipinski definition) is 2. The van der Waals surface area contributed by atoms with E-state index in [2.05, 4.69) is 5.32 Å². The van der Waals surface area contributed by atoms with E-state index in [1.54, 1.807) is 25.6 Å². The topological polar surface area (TPSA) is 67.5 Å². The summed E-state index contributed by atoms with van der Waals surface area (Å²) in [5, 5.41) is 4.02. The Morgan fingerprint density at radius 2 is 2.12 bits per heavy atom. The summed E-state index contributed by atoms with van der Waals surface area (Å²) in [6.07, 6.45) is 4.91. The molecule has 0 aromatic heterocycles. The Morgan fingerprint density at radius 3 is 2.69 bits per heavy atom. The van der Waals surface area contributed by atoms with Crippen LogP contribution in [0.1, 0.15) is 39.5 Å². The summed E-state index contributed by atoms with van der Waals surface area (Å²) in [6, 6.07) is 0. The number of thioether (sulfide) groups is 1. The number of nitrogens with one attached hydrogen (secondary N) is 1. The highest BCUT2D eigenvalue weighted by atomic mass is 32.2. The first-order valence-electron chi connectivity index (χ1n) is 5.74. The minimum absolute atomic E-state index is 0.153. The Kier molecular flexibility index (Phi) is 2.90. The van der Waals surface area contributed by atoms with Gasteiger partial charge in [-0.1, -0.05) is 24.6 Å². The Morgan fingerprint density at radius 1 is 1.50 bits per heavy atom. The molecule has 1 heterocycles. The molecule has 1 fully saturated rings. The number of primary amides is 1. The summed E-state index contributed by atoms with van der Waals surface area (Å²) < 4.78 is 0. The third-order valence-electron chi connectivity index (χ3n) is 3.39. The van der Waals surface area contributed by atoms with Crippen LogP contribution in [0.2, 0.25) is 0 Å². The fourth-order valence-electron chi connectivity index (χ4n) is 2.16. The van der Waals surface area contributed by atoms with Crippen molar-refractivity contribution in [2.45, 2.75) is 50.6 Å². The lowest BCUT2D eigenvalue weighted by molar-refractivity contribution is -0.122. The first-order chi connectivity index (χ1) is 7.44. The SMILES string of the molecule is CC(C)(NC1=NC2(CCCC2)CS1)C(N)=O. The number of aliphatic imine (C=N–C) groups is 1. The van der Waals surface area contributed by atoms with Gasteiger partial charge in [-0.05, 0) is 26.7 Å². The van der Waals surface area contributed by atoms with Gasteiger partial charge in [0.25, 0.3) is 0 Å². The number of carbonyl (C=O) groups is 1. The highest BCUT2D eigenvalue weighted by Gasteiger charge is 2.39. The van der Waals surface area contributed by atoms with Gasteiger partial charge in [0.15, 0.2) is 5.17 Å². The van der Waals surface area contributed by atoms with E-state index in [1.807, 2.05) is 0 Å². The van der Waals surface area contributed by atoms with Crippen LogP contribution in [-0.4, -0.2) is 27.9 Å². The minimum atomic E-state index is -0.712. The second kappa shape index (κ2) is 3.95. The van der Waals surface area contributed by atoms with Crippen LogP contribution in [0.15, 0.2) is 4.99 Å². The zero-order valence-corrected chi connectivity index (χ0v) is 10.7. The summed E-state index contributed by atoms with van der Waals surface area (Å²) in [5.74, 6) is 0.702. The van der Waals surface area contributed by atoms with Crippen LogP contribution in [0, 0.1) is 0 Å². The fraction of sp³-hybridized carbons (Fsp3) is 0.818. The Labute approximate surface area is 100 Å². The Balaban J connectivity index is 2.05. The molecular formula is C11H19N3OS. The van der Waals surface area contributed by atoms with E-state index >= 15 is 0 Å². The van der Waals surface area contributed by atoms with Crippen LogP contribution in [0.5, 0.6) is 0 Å². The second-order valence-electron chi connectivity index (χ2n) is 5.25. The Bertz CT molecular complexity index is 332. The third kappa shape index (κ3) is 2.19. The molecule has 0 saturated heterocycles. The lowest BCUT2D eigenvalue weighted by atomic mass is 10.0. The number of carbonyl (C=O) groups excluding carboxylic acids is 1. The van der Waals surface area contributed by atoms with Crippen molar-refractivity contribution in [2.24, 2.45) is 10.7 Å². The molecule has 16 heavy (non-hydrogen) atoms. The average Bonchev–Trinajstić information content (AvgIpc) is 2.77. The smallest absolute Gasteiger partial charge is 0.242 e. The monoisotopic (exact) mass is 241 g/mol. The summed E-state index contributed by atoms with van der Waals surface area (Å²) >= 11 is 1.71. The lowest BCUT2D eigenvalue weighted by Crippen LogP contribution is -2.52. The first-order valence-corrected chi connectivity index (χ1v) is 6.73. The largest absolute Gasteiger partial charge is 0.368 e. The van der Waals surface area contributed by atoms with Gasteiger partial charge in [-0.25, -0.2) is 0 Å². The zero-order valence-electron chi connectivity index (χ0n) is 9.88. The van der Waals surface area contributed by atoms with Crippen molar-refractivity contribution in [3.63, 3.8) is 0 Å². The quantitative estimate of drug-likeness (QED) is 0.764. The minimum Gasteiger partial charge on any atom is -0.368 e. The number of rotatable bonds is 2. The van der Waals surface area contributed by atoms with Crippen molar-refractivity contribution >= 4 is 22.8 Å². The molecule has 1 amide bonds. The maximum Gasteiger partial charge on any atom is 0.242 e. The molecule has 3 N–H and O–H groups in total. The fourth-order valence-corrected chi connectivity index (χ4v) is 3.51. The molecule has 1 aliphatic heterocycles. The molecule has 0 unspecified atom stereocenters. The van der Waals surface area contributed by atoms with Gasteiger partial charge in [0.2, 0.25) is 5.91 Å². The van der Waals surface area contributed by atoms with Crippen molar-refractivity contribution < 1.29 is 4.79 Å². The van der Waals surface area contributed by atoms with Crippen LogP contribution < -0.4 is 11.1 Å². The molecule has 1 aliphatic carbocycles. The molecule has 1 saturated carbocycles. The highest BCUT2D eigenvalue weighted by Crippen LogP contribution is 2.40. The molecule has 2 rings (SSSR count). The molecule has 5 heteroatoms. The van der Waals surface area contributed by atoms with Crippen molar-refractivity contribution in [1.82, 2.24) is 5.32 Å². The third-order valence-corrected chi connectivity index (χ3v) is 4.53. The molecule has 0 atom stereocenters. The number of amidine groups is 1. The Hall–Kier alpha value is -0.710. The van der Waals surface area contributed by atoms with E-state index in [0.717, 1.165) is 10.9 Å². The van der Waals surface area contributed by atoms with Crippen molar-refractivity contribution in [3.05, 3.63) is 0 Å². The predicted molar refractivity (Wildman–Crippen MR) is 67.5 cm³/mol. The van der Waals surface area contributed by atoms with E-state index in [-0.39, 0.29) is 11.4 Å². The van der Waals surface area contributed by atoms with Gasteiger partial charge in [0.05, 0.1) is 5.54 Å². The summed E-state index contributed by atoms with van der Waals surface area (Å²) in [5.41, 5.74) is 4.77. The molecule has 0 radical (unpaired) electrons. The maximum absolute atomic E-state index is 11.2. The van der Waals surface area contributed by atoms with Gasteiger partial charge >= 0.3 is 0 Å². The van der Waals surface area contributed by atoms with Crippen LogP contribution in [-0.2, 0) is 4.79 Å². The van der Waals surface area contributed by atoms with Crippen LogP contribution in [0.25, 0.3) is 0 Å². The molecule has 90 valence electrons. The highest BCUT2D eigenvalue weighted by molar-refractivity contribution is 8.14. The van der Waals surface area contributed by atoms with E-state index < -0.39 is 5.54 Å². The van der Waals surface area contributed by atoms with Gasteiger partial charge in [-0.3, -0.25) is 9.79 Å². The van der Waals surface area contributed by atoms with Gasteiger partial charge in [0.1, 0.15) is 5.54 Å². The number of nitrogens with zero attached hydrogens (tertiary/aromatic N) is 1. The van der Waals surface area contributed by atoms with E-state index in [4.69, 9.17) is 10.7 Å². The van der Waals surface area contributed by atoms with Gasteiger partial charge in [-0.15, -0.1) is 0 Å². The van der Waals surface area contributed by atoms with E-state index in [1.165, 1.54) is 25.7 Å². The van der Waals surface area contributed by atoms with E-state index in [0.29, 0.717) is 0 Å². The van der Waals surface area contributed by atoms with Crippen LogP contribution >= 0.6 is 11.8 Å². The molecule has 0 aromatic carbocycles. The average molecular weight is 241 g/mol. The van der Waals surface area contributed by atoms with Crippen molar-refractivity contribution in [1.29, 1.82) is 0 Å². The van der Waals surface area contributed by atoms with Gasteiger partial charge in [-0.2, -0.15) is 0 Å². The van der Waals surface area contributed by atoms with E-state index in [9.17, 15) is 4.79 Å². The molecule has 1 spiro atoms. The van der Waals surface area contributed by atoms with Crippen molar-refractivity contribution in [2.75, 3.05) is 5.75 Å². The molecule has 4 nitrogen and oxygen atoms in total. The van der Waals surface area contributed by atoms with Gasteiger partial charge in [0, 0.05) is 5.75 Å². The summed E-state index contributed by atoms with van der Waals surface area (Å²) in [6.45, 7) is 3.58. The number of amides is 1. The van der Waals surface area contributed by atoms with Crippen molar-refractivity contribution in [3.8, 4) is 0 Å². The normalized spacial score (nSPS) is 23.5. The zero-order chi connectivity index (χ0) is 11.8. The van der Waals surface area contributed by atoms with Crippen LogP contribution in [0.3, 0.4) is 0 Å². The molecule has 0 aromatic rings.